The second kappa shape index (κ2) is 3.27. The van der Waals surface area contributed by atoms with Gasteiger partial charge in [0.25, 0.3) is 0 Å². The van der Waals surface area contributed by atoms with E-state index in [1.807, 2.05) is 35.2 Å². The molecule has 0 aliphatic heterocycles. The van der Waals surface area contributed by atoms with Crippen molar-refractivity contribution in [2.24, 2.45) is 0 Å². The van der Waals surface area contributed by atoms with Gasteiger partial charge in [-0.1, -0.05) is 29.8 Å². The molecule has 1 nitrogen and oxygen atoms in total. The first-order valence-electron chi connectivity index (χ1n) is 4.17. The normalized spacial score (nSPS) is 10.3. The van der Waals surface area contributed by atoms with Gasteiger partial charge in [0.15, 0.2) is 0 Å². The molecule has 2 aromatic rings. The van der Waals surface area contributed by atoms with Gasteiger partial charge in [0, 0.05) is 18.1 Å². The van der Waals surface area contributed by atoms with E-state index >= 15 is 0 Å². The van der Waals surface area contributed by atoms with E-state index in [-0.39, 0.29) is 0 Å². The van der Waals surface area contributed by atoms with Crippen LogP contribution in [-0.4, -0.2) is 4.57 Å². The van der Waals surface area contributed by atoms with Crippen molar-refractivity contribution >= 4 is 11.6 Å². The summed E-state index contributed by atoms with van der Waals surface area (Å²) in [5.74, 6) is 0. The molecule has 0 N–H and O–H groups in total. The number of rotatable bonds is 1. The summed E-state index contributed by atoms with van der Waals surface area (Å²) in [6.45, 7) is 2.09. The number of aryl methyl sites for hydroxylation is 1. The number of halogens is 1. The van der Waals surface area contributed by atoms with Gasteiger partial charge in [0.2, 0.25) is 0 Å². The minimum atomic E-state index is 0.767. The van der Waals surface area contributed by atoms with Crippen LogP contribution in [-0.2, 0) is 0 Å². The van der Waals surface area contributed by atoms with Crippen LogP contribution in [0.25, 0.3) is 5.69 Å². The van der Waals surface area contributed by atoms with Gasteiger partial charge in [-0.15, -0.1) is 0 Å². The molecular formula is C11H10ClN. The number of aromatic nitrogens is 1. The van der Waals surface area contributed by atoms with Crippen molar-refractivity contribution in [2.45, 2.75) is 6.92 Å². The summed E-state index contributed by atoms with van der Waals surface area (Å²) in [5, 5.41) is 0.767. The van der Waals surface area contributed by atoms with Crippen molar-refractivity contribution in [3.63, 3.8) is 0 Å². The average molecular weight is 192 g/mol. The maximum atomic E-state index is 5.84. The van der Waals surface area contributed by atoms with Crippen LogP contribution in [0.3, 0.4) is 0 Å². The summed E-state index contributed by atoms with van der Waals surface area (Å²) in [6.07, 6.45) is 3.87. The van der Waals surface area contributed by atoms with Crippen molar-refractivity contribution in [1.29, 1.82) is 0 Å². The third-order valence-electron chi connectivity index (χ3n) is 2.05. The van der Waals surface area contributed by atoms with Gasteiger partial charge in [0.05, 0.1) is 5.02 Å². The van der Waals surface area contributed by atoms with E-state index in [1.165, 1.54) is 11.3 Å². The summed E-state index contributed by atoms with van der Waals surface area (Å²) in [7, 11) is 0. The highest BCUT2D eigenvalue weighted by molar-refractivity contribution is 6.30. The molecule has 0 fully saturated rings. The molecule has 0 radical (unpaired) electrons. The van der Waals surface area contributed by atoms with Crippen LogP contribution in [0.5, 0.6) is 0 Å². The zero-order valence-corrected chi connectivity index (χ0v) is 8.12. The number of hydrogen-bond donors (Lipinski definition) is 0. The Bertz CT molecular complexity index is 418. The molecule has 1 aromatic heterocycles. The molecule has 0 saturated heterocycles. The molecule has 0 amide bonds. The van der Waals surface area contributed by atoms with Crippen LogP contribution >= 0.6 is 11.6 Å². The first-order chi connectivity index (χ1) is 6.27. The van der Waals surface area contributed by atoms with Gasteiger partial charge in [-0.2, -0.15) is 0 Å². The Morgan fingerprint density at radius 2 is 1.92 bits per heavy atom. The highest BCUT2D eigenvalue weighted by atomic mass is 35.5. The lowest BCUT2D eigenvalue weighted by Crippen LogP contribution is -1.91. The fraction of sp³-hybridized carbons (Fsp3) is 0.0909. The lowest BCUT2D eigenvalue weighted by Gasteiger charge is -2.05. The highest BCUT2D eigenvalue weighted by Crippen LogP contribution is 2.16. The smallest absolute Gasteiger partial charge is 0.0586 e. The van der Waals surface area contributed by atoms with Crippen molar-refractivity contribution in [1.82, 2.24) is 4.57 Å². The molecule has 2 heteroatoms. The minimum Gasteiger partial charge on any atom is -0.322 e. The predicted molar refractivity (Wildman–Crippen MR) is 55.5 cm³/mol. The van der Waals surface area contributed by atoms with E-state index in [1.54, 1.807) is 0 Å². The molecule has 0 atom stereocenters. The molecule has 2 rings (SSSR count). The first-order valence-corrected chi connectivity index (χ1v) is 4.54. The quantitative estimate of drug-likeness (QED) is 0.651. The first kappa shape index (κ1) is 8.39. The van der Waals surface area contributed by atoms with E-state index in [4.69, 9.17) is 11.6 Å². The lowest BCUT2D eigenvalue weighted by atomic mass is 10.2. The van der Waals surface area contributed by atoms with Gasteiger partial charge < -0.3 is 4.57 Å². The molecule has 0 aliphatic carbocycles. The molecular weight excluding hydrogens is 182 g/mol. The predicted octanol–water partition coefficient (Wildman–Crippen LogP) is 3.44. The Morgan fingerprint density at radius 3 is 2.54 bits per heavy atom. The van der Waals surface area contributed by atoms with Crippen molar-refractivity contribution < 1.29 is 0 Å². The topological polar surface area (TPSA) is 4.93 Å². The van der Waals surface area contributed by atoms with Crippen LogP contribution < -0.4 is 0 Å². The van der Waals surface area contributed by atoms with Gasteiger partial charge in [0.1, 0.15) is 0 Å². The van der Waals surface area contributed by atoms with Crippen LogP contribution in [0.4, 0.5) is 0 Å². The Morgan fingerprint density at radius 1 is 1.15 bits per heavy atom. The van der Waals surface area contributed by atoms with Crippen LogP contribution in [0.15, 0.2) is 42.7 Å². The van der Waals surface area contributed by atoms with Gasteiger partial charge in [-0.3, -0.25) is 0 Å². The average Bonchev–Trinajstić information content (AvgIpc) is 2.53. The lowest BCUT2D eigenvalue weighted by molar-refractivity contribution is 1.06. The van der Waals surface area contributed by atoms with Crippen molar-refractivity contribution in [2.75, 3.05) is 0 Å². The van der Waals surface area contributed by atoms with Gasteiger partial charge in [-0.05, 0) is 24.6 Å². The van der Waals surface area contributed by atoms with Crippen LogP contribution in [0.1, 0.15) is 5.56 Å². The summed E-state index contributed by atoms with van der Waals surface area (Å²) < 4.78 is 2.03. The fourth-order valence-electron chi connectivity index (χ4n) is 1.37. The third-order valence-corrected chi connectivity index (χ3v) is 2.27. The Kier molecular flexibility index (Phi) is 2.11. The molecule has 1 aromatic carbocycles. The molecule has 0 aliphatic rings. The Hall–Kier alpha value is -1.21. The zero-order valence-electron chi connectivity index (χ0n) is 7.37. The molecule has 0 spiro atoms. The zero-order chi connectivity index (χ0) is 9.26. The summed E-state index contributed by atoms with van der Waals surface area (Å²) in [5.41, 5.74) is 2.42. The van der Waals surface area contributed by atoms with Crippen molar-refractivity contribution in [3.8, 4) is 5.69 Å². The molecule has 66 valence electrons. The Labute approximate surface area is 82.6 Å². The van der Waals surface area contributed by atoms with Crippen molar-refractivity contribution in [3.05, 3.63) is 53.3 Å². The number of para-hydroxylation sites is 1. The highest BCUT2D eigenvalue weighted by Gasteiger charge is 1.99. The number of hydrogen-bond acceptors (Lipinski definition) is 0. The fourth-order valence-corrected chi connectivity index (χ4v) is 1.53. The second-order valence-corrected chi connectivity index (χ2v) is 3.46. The van der Waals surface area contributed by atoms with E-state index < -0.39 is 0 Å². The summed E-state index contributed by atoms with van der Waals surface area (Å²) in [4.78, 5) is 0. The van der Waals surface area contributed by atoms with Crippen LogP contribution in [0.2, 0.25) is 5.02 Å². The third kappa shape index (κ3) is 1.61. The maximum absolute atomic E-state index is 5.84. The molecule has 1 heterocycles. The van der Waals surface area contributed by atoms with Gasteiger partial charge in [-0.25, -0.2) is 0 Å². The maximum Gasteiger partial charge on any atom is 0.0586 e. The summed E-state index contributed by atoms with van der Waals surface area (Å²) in [6, 6.07) is 10.1. The monoisotopic (exact) mass is 191 g/mol. The number of nitrogens with zero attached hydrogens (tertiary/aromatic N) is 1. The SMILES string of the molecule is Cc1ccccc1-n1ccc(Cl)c1. The second-order valence-electron chi connectivity index (χ2n) is 3.02. The van der Waals surface area contributed by atoms with Crippen LogP contribution in [0, 0.1) is 6.92 Å². The van der Waals surface area contributed by atoms with E-state index in [0.29, 0.717) is 0 Å². The van der Waals surface area contributed by atoms with E-state index in [0.717, 1.165) is 5.02 Å². The Balaban J connectivity index is 2.52. The molecule has 0 saturated carbocycles. The van der Waals surface area contributed by atoms with Gasteiger partial charge >= 0.3 is 0 Å². The summed E-state index contributed by atoms with van der Waals surface area (Å²) >= 11 is 5.84. The molecule has 0 bridgehead atoms. The standard InChI is InChI=1S/C11H10ClN/c1-9-4-2-3-5-11(9)13-7-6-10(12)8-13/h2-8H,1H3. The minimum absolute atomic E-state index is 0.767. The van der Waals surface area contributed by atoms with E-state index in [9.17, 15) is 0 Å². The largest absolute Gasteiger partial charge is 0.322 e. The number of benzene rings is 1. The van der Waals surface area contributed by atoms with E-state index in [2.05, 4.69) is 19.1 Å². The molecule has 0 unspecified atom stereocenters. The molecule has 13 heavy (non-hydrogen) atoms.